The molecule has 0 radical (unpaired) electrons. The topological polar surface area (TPSA) is 49.4 Å². The largest absolute Gasteiger partial charge is 0.345 e. The summed E-state index contributed by atoms with van der Waals surface area (Å²) < 4.78 is 0.994. The van der Waals surface area contributed by atoms with E-state index in [1.165, 1.54) is 0 Å². The fraction of sp³-hybridized carbons (Fsp3) is 0.385. The predicted octanol–water partition coefficient (Wildman–Crippen LogP) is 2.00. The van der Waals surface area contributed by atoms with Gasteiger partial charge in [0.2, 0.25) is 11.8 Å². The van der Waals surface area contributed by atoms with Gasteiger partial charge >= 0.3 is 0 Å². The maximum atomic E-state index is 12.0. The molecule has 1 unspecified atom stereocenters. The summed E-state index contributed by atoms with van der Waals surface area (Å²) in [7, 11) is 0. The van der Waals surface area contributed by atoms with E-state index in [2.05, 4.69) is 21.2 Å². The SMILES string of the molecule is CCC1C(=O)NCC(=O)N1c1ccc(Br)c(C)c1. The van der Waals surface area contributed by atoms with Crippen LogP contribution in [-0.2, 0) is 9.59 Å². The minimum Gasteiger partial charge on any atom is -0.345 e. The molecular weight excluding hydrogens is 296 g/mol. The Labute approximate surface area is 114 Å². The molecule has 1 N–H and O–H groups in total. The van der Waals surface area contributed by atoms with Crippen LogP contribution in [0.4, 0.5) is 5.69 Å². The second-order valence-electron chi connectivity index (χ2n) is 4.34. The highest BCUT2D eigenvalue weighted by Gasteiger charge is 2.34. The molecule has 0 bridgehead atoms. The highest BCUT2D eigenvalue weighted by Crippen LogP contribution is 2.26. The molecule has 0 spiro atoms. The van der Waals surface area contributed by atoms with Gasteiger partial charge in [0.25, 0.3) is 0 Å². The zero-order chi connectivity index (χ0) is 13.3. The van der Waals surface area contributed by atoms with Crippen LogP contribution in [-0.4, -0.2) is 24.4 Å². The first-order valence-electron chi connectivity index (χ1n) is 5.90. The van der Waals surface area contributed by atoms with Crippen LogP contribution >= 0.6 is 15.9 Å². The molecular formula is C13H15BrN2O2. The number of anilines is 1. The van der Waals surface area contributed by atoms with Crippen LogP contribution in [0.2, 0.25) is 0 Å². The lowest BCUT2D eigenvalue weighted by atomic mass is 10.1. The highest BCUT2D eigenvalue weighted by molar-refractivity contribution is 9.10. The Bertz CT molecular complexity index is 502. The van der Waals surface area contributed by atoms with Gasteiger partial charge in [-0.15, -0.1) is 0 Å². The first-order chi connectivity index (χ1) is 8.54. The summed E-state index contributed by atoms with van der Waals surface area (Å²) in [5.41, 5.74) is 1.82. The minimum atomic E-state index is -0.410. The first-order valence-corrected chi connectivity index (χ1v) is 6.69. The third-order valence-electron chi connectivity index (χ3n) is 3.10. The van der Waals surface area contributed by atoms with Crippen molar-refractivity contribution in [3.8, 4) is 0 Å². The monoisotopic (exact) mass is 310 g/mol. The summed E-state index contributed by atoms with van der Waals surface area (Å²) in [5, 5.41) is 2.62. The second kappa shape index (κ2) is 5.10. The van der Waals surface area contributed by atoms with Gasteiger partial charge in [0.05, 0.1) is 6.54 Å². The number of benzene rings is 1. The number of nitrogens with one attached hydrogen (secondary N) is 1. The van der Waals surface area contributed by atoms with Crippen LogP contribution in [0.3, 0.4) is 0 Å². The lowest BCUT2D eigenvalue weighted by Crippen LogP contribution is -2.58. The maximum Gasteiger partial charge on any atom is 0.247 e. The average Bonchev–Trinajstić information content (AvgIpc) is 2.35. The first kappa shape index (κ1) is 13.1. The molecule has 4 nitrogen and oxygen atoms in total. The van der Waals surface area contributed by atoms with Gasteiger partial charge in [-0.2, -0.15) is 0 Å². The van der Waals surface area contributed by atoms with Crippen molar-refractivity contribution in [2.45, 2.75) is 26.3 Å². The molecule has 1 aromatic carbocycles. The van der Waals surface area contributed by atoms with E-state index < -0.39 is 6.04 Å². The standard InChI is InChI=1S/C13H15BrN2O2/c1-3-11-13(18)15-7-12(17)16(11)9-4-5-10(14)8(2)6-9/h4-6,11H,3,7H2,1-2H3,(H,15,18). The van der Waals surface area contributed by atoms with Gasteiger partial charge in [-0.05, 0) is 37.1 Å². The molecule has 1 atom stereocenters. The van der Waals surface area contributed by atoms with Crippen LogP contribution in [0.5, 0.6) is 0 Å². The minimum absolute atomic E-state index is 0.0665. The number of carbonyl (C=O) groups excluding carboxylic acids is 2. The molecule has 0 saturated carbocycles. The maximum absolute atomic E-state index is 12.0. The number of hydrogen-bond acceptors (Lipinski definition) is 2. The second-order valence-corrected chi connectivity index (χ2v) is 5.19. The van der Waals surface area contributed by atoms with Crippen LogP contribution in [0.25, 0.3) is 0 Å². The number of aryl methyl sites for hydroxylation is 1. The quantitative estimate of drug-likeness (QED) is 0.908. The van der Waals surface area contributed by atoms with Crippen molar-refractivity contribution in [3.63, 3.8) is 0 Å². The van der Waals surface area contributed by atoms with Crippen LogP contribution in [0.15, 0.2) is 22.7 Å². The van der Waals surface area contributed by atoms with E-state index in [-0.39, 0.29) is 18.4 Å². The Morgan fingerprint density at radius 1 is 1.44 bits per heavy atom. The molecule has 0 aliphatic carbocycles. The zero-order valence-corrected chi connectivity index (χ0v) is 12.0. The molecule has 1 aromatic rings. The van der Waals surface area contributed by atoms with Gasteiger partial charge in [-0.3, -0.25) is 14.5 Å². The fourth-order valence-corrected chi connectivity index (χ4v) is 2.37. The number of piperazine rings is 1. The summed E-state index contributed by atoms with van der Waals surface area (Å²) in [5.74, 6) is -0.152. The van der Waals surface area contributed by atoms with E-state index in [0.717, 1.165) is 15.7 Å². The fourth-order valence-electron chi connectivity index (χ4n) is 2.13. The summed E-state index contributed by atoms with van der Waals surface area (Å²) in [6, 6.07) is 5.27. The molecule has 1 saturated heterocycles. The average molecular weight is 311 g/mol. The van der Waals surface area contributed by atoms with Crippen molar-refractivity contribution >= 4 is 33.4 Å². The molecule has 1 aliphatic rings. The number of amides is 2. The molecule has 96 valence electrons. The van der Waals surface area contributed by atoms with Crippen LogP contribution < -0.4 is 10.2 Å². The van der Waals surface area contributed by atoms with Gasteiger partial charge < -0.3 is 5.32 Å². The van der Waals surface area contributed by atoms with Gasteiger partial charge in [0.1, 0.15) is 6.04 Å². The van der Waals surface area contributed by atoms with Crippen LogP contribution in [0, 0.1) is 6.92 Å². The Kier molecular flexibility index (Phi) is 3.71. The molecule has 1 fully saturated rings. The molecule has 2 rings (SSSR count). The zero-order valence-electron chi connectivity index (χ0n) is 10.4. The van der Waals surface area contributed by atoms with E-state index in [0.29, 0.717) is 6.42 Å². The normalized spacial score (nSPS) is 19.9. The molecule has 5 heteroatoms. The Balaban J connectivity index is 2.41. The molecule has 18 heavy (non-hydrogen) atoms. The number of hydrogen-bond donors (Lipinski definition) is 1. The number of nitrogens with zero attached hydrogens (tertiary/aromatic N) is 1. The van der Waals surface area contributed by atoms with Crippen molar-refractivity contribution in [2.75, 3.05) is 11.4 Å². The summed E-state index contributed by atoms with van der Waals surface area (Å²) in [6.07, 6.45) is 0.604. The smallest absolute Gasteiger partial charge is 0.247 e. The van der Waals surface area contributed by atoms with Gasteiger partial charge in [0, 0.05) is 10.2 Å². The number of rotatable bonds is 2. The summed E-state index contributed by atoms with van der Waals surface area (Å²) in [4.78, 5) is 25.4. The van der Waals surface area contributed by atoms with E-state index >= 15 is 0 Å². The van der Waals surface area contributed by atoms with Crippen molar-refractivity contribution in [2.24, 2.45) is 0 Å². The lowest BCUT2D eigenvalue weighted by molar-refractivity contribution is -0.131. The van der Waals surface area contributed by atoms with E-state index in [9.17, 15) is 9.59 Å². The van der Waals surface area contributed by atoms with Crippen molar-refractivity contribution in [3.05, 3.63) is 28.2 Å². The lowest BCUT2D eigenvalue weighted by Gasteiger charge is -2.34. The van der Waals surface area contributed by atoms with Crippen molar-refractivity contribution in [1.29, 1.82) is 0 Å². The number of halogens is 1. The van der Waals surface area contributed by atoms with Crippen molar-refractivity contribution in [1.82, 2.24) is 5.32 Å². The van der Waals surface area contributed by atoms with Crippen molar-refractivity contribution < 1.29 is 9.59 Å². The van der Waals surface area contributed by atoms with E-state index in [1.54, 1.807) is 4.90 Å². The Morgan fingerprint density at radius 3 is 2.78 bits per heavy atom. The summed E-state index contributed by atoms with van der Waals surface area (Å²) in [6.45, 7) is 3.94. The number of carbonyl (C=O) groups is 2. The van der Waals surface area contributed by atoms with E-state index in [1.807, 2.05) is 32.0 Å². The predicted molar refractivity (Wildman–Crippen MR) is 73.5 cm³/mol. The van der Waals surface area contributed by atoms with Gasteiger partial charge in [-0.25, -0.2) is 0 Å². The van der Waals surface area contributed by atoms with Gasteiger partial charge in [0.15, 0.2) is 0 Å². The summed E-state index contributed by atoms with van der Waals surface area (Å²) >= 11 is 3.43. The molecule has 0 aromatic heterocycles. The Morgan fingerprint density at radius 2 is 2.17 bits per heavy atom. The van der Waals surface area contributed by atoms with E-state index in [4.69, 9.17) is 0 Å². The Hall–Kier alpha value is -1.36. The molecule has 1 heterocycles. The third kappa shape index (κ3) is 2.27. The third-order valence-corrected chi connectivity index (χ3v) is 3.99. The highest BCUT2D eigenvalue weighted by atomic mass is 79.9. The van der Waals surface area contributed by atoms with Gasteiger partial charge in [-0.1, -0.05) is 22.9 Å². The molecule has 1 aliphatic heterocycles. The van der Waals surface area contributed by atoms with Crippen LogP contribution in [0.1, 0.15) is 18.9 Å². The molecule has 2 amide bonds.